The predicted octanol–water partition coefficient (Wildman–Crippen LogP) is 2.25. The van der Waals surface area contributed by atoms with Crippen molar-refractivity contribution in [1.29, 1.82) is 0 Å². The summed E-state index contributed by atoms with van der Waals surface area (Å²) >= 11 is 0. The lowest BCUT2D eigenvalue weighted by atomic mass is 10.1. The molecule has 2 heteroatoms. The molecule has 0 spiro atoms. The fraction of sp³-hybridized carbons (Fsp3) is 1.00. The van der Waals surface area contributed by atoms with E-state index >= 15 is 0 Å². The van der Waals surface area contributed by atoms with E-state index in [9.17, 15) is 0 Å². The summed E-state index contributed by atoms with van der Waals surface area (Å²) in [5.41, 5.74) is 0. The predicted molar refractivity (Wildman–Crippen MR) is 62.7 cm³/mol. The molecular formula is C12H26N2. The van der Waals surface area contributed by atoms with Crippen LogP contribution in [0.4, 0.5) is 0 Å². The second-order valence-corrected chi connectivity index (χ2v) is 4.49. The fourth-order valence-corrected chi connectivity index (χ4v) is 2.31. The monoisotopic (exact) mass is 198 g/mol. The van der Waals surface area contributed by atoms with Crippen molar-refractivity contribution >= 4 is 0 Å². The average Bonchev–Trinajstić information content (AvgIpc) is 2.45. The Bertz CT molecular complexity index is 128. The molecule has 1 unspecified atom stereocenters. The lowest BCUT2D eigenvalue weighted by Gasteiger charge is -2.25. The first-order valence-corrected chi connectivity index (χ1v) is 6.26. The van der Waals surface area contributed by atoms with Gasteiger partial charge in [-0.25, -0.2) is 0 Å². The quantitative estimate of drug-likeness (QED) is 0.729. The maximum Gasteiger partial charge on any atom is 0.0191 e. The van der Waals surface area contributed by atoms with Gasteiger partial charge >= 0.3 is 0 Å². The number of likely N-dealkylation sites (tertiary alicyclic amines) is 1. The van der Waals surface area contributed by atoms with E-state index in [1.165, 1.54) is 58.2 Å². The van der Waals surface area contributed by atoms with Crippen LogP contribution in [0.3, 0.4) is 0 Å². The van der Waals surface area contributed by atoms with Gasteiger partial charge in [0.1, 0.15) is 0 Å². The van der Waals surface area contributed by atoms with Crippen molar-refractivity contribution in [3.8, 4) is 0 Å². The summed E-state index contributed by atoms with van der Waals surface area (Å²) in [4.78, 5) is 2.64. The first-order valence-electron chi connectivity index (χ1n) is 6.26. The number of hydrogen-bond donors (Lipinski definition) is 1. The van der Waals surface area contributed by atoms with Gasteiger partial charge < -0.3 is 10.2 Å². The molecule has 0 aromatic rings. The van der Waals surface area contributed by atoms with E-state index in [-0.39, 0.29) is 0 Å². The van der Waals surface area contributed by atoms with Crippen molar-refractivity contribution in [3.63, 3.8) is 0 Å². The molecule has 1 rings (SSSR count). The molecule has 0 saturated carbocycles. The van der Waals surface area contributed by atoms with Crippen LogP contribution in [0.1, 0.15) is 45.4 Å². The SMILES string of the molecule is CCCC(CN1CCCCCC1)NC. The molecule has 0 radical (unpaired) electrons. The topological polar surface area (TPSA) is 15.3 Å². The molecule has 0 aromatic heterocycles. The molecule has 1 saturated heterocycles. The first kappa shape index (κ1) is 12.0. The summed E-state index contributed by atoms with van der Waals surface area (Å²) in [5.74, 6) is 0. The Hall–Kier alpha value is -0.0800. The Morgan fingerprint density at radius 1 is 1.14 bits per heavy atom. The van der Waals surface area contributed by atoms with Crippen molar-refractivity contribution in [2.45, 2.75) is 51.5 Å². The Morgan fingerprint density at radius 2 is 1.79 bits per heavy atom. The van der Waals surface area contributed by atoms with Gasteiger partial charge in [0.15, 0.2) is 0 Å². The van der Waals surface area contributed by atoms with Gasteiger partial charge in [-0.2, -0.15) is 0 Å². The largest absolute Gasteiger partial charge is 0.316 e. The van der Waals surface area contributed by atoms with Gasteiger partial charge in [0, 0.05) is 12.6 Å². The third-order valence-electron chi connectivity index (χ3n) is 3.22. The van der Waals surface area contributed by atoms with Crippen LogP contribution in [0.5, 0.6) is 0 Å². The van der Waals surface area contributed by atoms with E-state index in [0.29, 0.717) is 6.04 Å². The normalized spacial score (nSPS) is 21.9. The highest BCUT2D eigenvalue weighted by molar-refractivity contribution is 4.72. The van der Waals surface area contributed by atoms with Gasteiger partial charge in [-0.15, -0.1) is 0 Å². The molecule has 0 amide bonds. The fourth-order valence-electron chi connectivity index (χ4n) is 2.31. The Balaban J connectivity index is 2.24. The van der Waals surface area contributed by atoms with Crippen molar-refractivity contribution in [2.75, 3.05) is 26.7 Å². The number of hydrogen-bond acceptors (Lipinski definition) is 2. The zero-order valence-corrected chi connectivity index (χ0v) is 9.89. The zero-order valence-electron chi connectivity index (χ0n) is 9.89. The van der Waals surface area contributed by atoms with Crippen LogP contribution >= 0.6 is 0 Å². The number of likely N-dealkylation sites (N-methyl/N-ethyl adjacent to an activating group) is 1. The number of nitrogens with zero attached hydrogens (tertiary/aromatic N) is 1. The van der Waals surface area contributed by atoms with Gasteiger partial charge in [-0.05, 0) is 39.4 Å². The van der Waals surface area contributed by atoms with Gasteiger partial charge in [0.2, 0.25) is 0 Å². The lowest BCUT2D eigenvalue weighted by molar-refractivity contribution is 0.248. The molecule has 1 N–H and O–H groups in total. The summed E-state index contributed by atoms with van der Waals surface area (Å²) in [5, 5.41) is 3.43. The standard InChI is InChI=1S/C12H26N2/c1-3-8-12(13-2)11-14-9-6-4-5-7-10-14/h12-13H,3-11H2,1-2H3. The van der Waals surface area contributed by atoms with E-state index in [0.717, 1.165) is 0 Å². The summed E-state index contributed by atoms with van der Waals surface area (Å²) in [7, 11) is 2.10. The van der Waals surface area contributed by atoms with Crippen molar-refractivity contribution in [1.82, 2.24) is 10.2 Å². The molecule has 1 aliphatic heterocycles. The van der Waals surface area contributed by atoms with E-state index in [2.05, 4.69) is 24.2 Å². The zero-order chi connectivity index (χ0) is 10.2. The van der Waals surface area contributed by atoms with Gasteiger partial charge in [-0.3, -0.25) is 0 Å². The van der Waals surface area contributed by atoms with Crippen LogP contribution in [0, 0.1) is 0 Å². The highest BCUT2D eigenvalue weighted by Gasteiger charge is 2.13. The second-order valence-electron chi connectivity index (χ2n) is 4.49. The van der Waals surface area contributed by atoms with Gasteiger partial charge in [-0.1, -0.05) is 26.2 Å². The van der Waals surface area contributed by atoms with Crippen LogP contribution in [0.2, 0.25) is 0 Å². The summed E-state index contributed by atoms with van der Waals surface area (Å²) in [6.07, 6.45) is 8.29. The maximum absolute atomic E-state index is 3.43. The minimum atomic E-state index is 0.707. The molecule has 0 aliphatic carbocycles. The Morgan fingerprint density at radius 3 is 2.29 bits per heavy atom. The summed E-state index contributed by atoms with van der Waals surface area (Å²) in [6, 6.07) is 0.707. The molecule has 84 valence electrons. The van der Waals surface area contributed by atoms with Crippen LogP contribution < -0.4 is 5.32 Å². The van der Waals surface area contributed by atoms with Crippen LogP contribution in [-0.4, -0.2) is 37.6 Å². The van der Waals surface area contributed by atoms with Crippen molar-refractivity contribution < 1.29 is 0 Å². The number of rotatable bonds is 5. The maximum atomic E-state index is 3.43. The highest BCUT2D eigenvalue weighted by Crippen LogP contribution is 2.10. The molecule has 1 fully saturated rings. The van der Waals surface area contributed by atoms with Gasteiger partial charge in [0.25, 0.3) is 0 Å². The van der Waals surface area contributed by atoms with Crippen LogP contribution in [0.25, 0.3) is 0 Å². The average molecular weight is 198 g/mol. The van der Waals surface area contributed by atoms with E-state index < -0.39 is 0 Å². The Labute approximate surface area is 89.1 Å². The third-order valence-corrected chi connectivity index (χ3v) is 3.22. The number of nitrogens with one attached hydrogen (secondary N) is 1. The van der Waals surface area contributed by atoms with E-state index in [4.69, 9.17) is 0 Å². The second kappa shape index (κ2) is 7.24. The first-order chi connectivity index (χ1) is 6.86. The molecule has 14 heavy (non-hydrogen) atoms. The minimum absolute atomic E-state index is 0.707. The summed E-state index contributed by atoms with van der Waals surface area (Å²) in [6.45, 7) is 6.17. The smallest absolute Gasteiger partial charge is 0.0191 e. The molecule has 0 bridgehead atoms. The van der Waals surface area contributed by atoms with Crippen molar-refractivity contribution in [2.24, 2.45) is 0 Å². The van der Waals surface area contributed by atoms with E-state index in [1.54, 1.807) is 0 Å². The molecule has 2 nitrogen and oxygen atoms in total. The van der Waals surface area contributed by atoms with Crippen LogP contribution in [0.15, 0.2) is 0 Å². The molecule has 1 aliphatic rings. The van der Waals surface area contributed by atoms with E-state index in [1.807, 2.05) is 0 Å². The third kappa shape index (κ3) is 4.43. The van der Waals surface area contributed by atoms with Crippen molar-refractivity contribution in [3.05, 3.63) is 0 Å². The highest BCUT2D eigenvalue weighted by atomic mass is 15.1. The molecule has 1 heterocycles. The molecule has 0 aromatic carbocycles. The summed E-state index contributed by atoms with van der Waals surface area (Å²) < 4.78 is 0. The Kier molecular flexibility index (Phi) is 6.20. The lowest BCUT2D eigenvalue weighted by Crippen LogP contribution is -2.39. The molecular weight excluding hydrogens is 172 g/mol. The van der Waals surface area contributed by atoms with Gasteiger partial charge in [0.05, 0.1) is 0 Å². The minimum Gasteiger partial charge on any atom is -0.316 e. The van der Waals surface area contributed by atoms with Crippen LogP contribution in [-0.2, 0) is 0 Å². The molecule has 1 atom stereocenters.